The molecule has 1 aliphatic carbocycles. The normalized spacial score (nSPS) is 14.6. The maximum Gasteiger partial charge on any atom is 0.225 e. The lowest BCUT2D eigenvalue weighted by Crippen LogP contribution is -2.17. The first kappa shape index (κ1) is 15.7. The summed E-state index contributed by atoms with van der Waals surface area (Å²) in [4.78, 5) is 9.37. The Labute approximate surface area is 147 Å². The first-order chi connectivity index (χ1) is 12.4. The van der Waals surface area contributed by atoms with Crippen molar-refractivity contribution in [1.29, 1.82) is 0 Å². The van der Waals surface area contributed by atoms with Crippen molar-refractivity contribution >= 4 is 11.8 Å². The van der Waals surface area contributed by atoms with Crippen LogP contribution in [0.15, 0.2) is 59.2 Å². The number of hydrogen-bond acceptors (Lipinski definition) is 5. The van der Waals surface area contributed by atoms with Crippen molar-refractivity contribution in [3.05, 3.63) is 60.6 Å². The summed E-state index contributed by atoms with van der Waals surface area (Å²) in [6.45, 7) is 0.598. The van der Waals surface area contributed by atoms with Gasteiger partial charge < -0.3 is 15.1 Å². The number of nitrogens with one attached hydrogen (secondary N) is 2. The van der Waals surface area contributed by atoms with Crippen molar-refractivity contribution in [3.63, 3.8) is 0 Å². The summed E-state index contributed by atoms with van der Waals surface area (Å²) >= 11 is 0. The van der Waals surface area contributed by atoms with Gasteiger partial charge in [-0.15, -0.1) is 0 Å². The highest BCUT2D eigenvalue weighted by atomic mass is 16.3. The number of aromatic nitrogens is 2. The number of hydrogen-bond donors (Lipinski definition) is 2. The van der Waals surface area contributed by atoms with Crippen LogP contribution in [0, 0.1) is 0 Å². The van der Waals surface area contributed by atoms with Crippen LogP contribution in [-0.4, -0.2) is 16.0 Å². The maximum atomic E-state index is 5.39. The van der Waals surface area contributed by atoms with E-state index in [-0.39, 0.29) is 0 Å². The molecule has 0 saturated heterocycles. The lowest BCUT2D eigenvalue weighted by Gasteiger charge is -2.14. The van der Waals surface area contributed by atoms with E-state index in [9.17, 15) is 0 Å². The molecular formula is C20H22N4O. The molecule has 0 unspecified atom stereocenters. The van der Waals surface area contributed by atoms with E-state index in [1.807, 2.05) is 36.4 Å². The molecule has 25 heavy (non-hydrogen) atoms. The zero-order valence-corrected chi connectivity index (χ0v) is 14.1. The fourth-order valence-corrected chi connectivity index (χ4v) is 3.20. The average Bonchev–Trinajstić information content (AvgIpc) is 3.34. The second kappa shape index (κ2) is 7.38. The fraction of sp³-hybridized carbons (Fsp3) is 0.300. The molecule has 128 valence electrons. The van der Waals surface area contributed by atoms with E-state index in [0.29, 0.717) is 18.5 Å². The average molecular weight is 334 g/mol. The van der Waals surface area contributed by atoms with Crippen molar-refractivity contribution in [1.82, 2.24) is 9.97 Å². The van der Waals surface area contributed by atoms with Gasteiger partial charge >= 0.3 is 0 Å². The van der Waals surface area contributed by atoms with Crippen LogP contribution in [0.5, 0.6) is 0 Å². The number of furan rings is 1. The summed E-state index contributed by atoms with van der Waals surface area (Å²) in [5, 5.41) is 6.84. The van der Waals surface area contributed by atoms with Crippen LogP contribution >= 0.6 is 0 Å². The molecule has 2 aromatic heterocycles. The van der Waals surface area contributed by atoms with Gasteiger partial charge in [0.1, 0.15) is 11.6 Å². The maximum absolute atomic E-state index is 5.39. The summed E-state index contributed by atoms with van der Waals surface area (Å²) in [7, 11) is 0. The molecule has 2 N–H and O–H groups in total. The SMILES string of the molecule is c1ccc(-c2cc(NCc3ccco3)nc(NC3CCCC3)n2)cc1. The van der Waals surface area contributed by atoms with Crippen LogP contribution in [0.4, 0.5) is 11.8 Å². The third-order valence-corrected chi connectivity index (χ3v) is 4.51. The Bertz CT molecular complexity index is 796. The van der Waals surface area contributed by atoms with Crippen LogP contribution < -0.4 is 10.6 Å². The summed E-state index contributed by atoms with van der Waals surface area (Å²) in [6, 6.07) is 16.5. The van der Waals surface area contributed by atoms with Gasteiger partial charge in [-0.05, 0) is 25.0 Å². The minimum absolute atomic E-state index is 0.476. The second-order valence-electron chi connectivity index (χ2n) is 6.39. The highest BCUT2D eigenvalue weighted by Gasteiger charge is 2.16. The van der Waals surface area contributed by atoms with Crippen LogP contribution in [0.3, 0.4) is 0 Å². The minimum atomic E-state index is 0.476. The Hall–Kier alpha value is -2.82. The second-order valence-corrected chi connectivity index (χ2v) is 6.39. The van der Waals surface area contributed by atoms with Gasteiger partial charge in [0.25, 0.3) is 0 Å². The van der Waals surface area contributed by atoms with E-state index in [4.69, 9.17) is 9.40 Å². The zero-order chi connectivity index (χ0) is 16.9. The predicted octanol–water partition coefficient (Wildman–Crippen LogP) is 4.70. The fourth-order valence-electron chi connectivity index (χ4n) is 3.20. The topological polar surface area (TPSA) is 63.0 Å². The quantitative estimate of drug-likeness (QED) is 0.684. The van der Waals surface area contributed by atoms with Crippen molar-refractivity contribution < 1.29 is 4.42 Å². The van der Waals surface area contributed by atoms with Gasteiger partial charge in [-0.3, -0.25) is 0 Å². The molecule has 1 saturated carbocycles. The Balaban J connectivity index is 1.59. The molecule has 4 rings (SSSR count). The van der Waals surface area contributed by atoms with E-state index in [2.05, 4.69) is 27.8 Å². The molecule has 0 aliphatic heterocycles. The highest BCUT2D eigenvalue weighted by Crippen LogP contribution is 2.25. The molecule has 0 spiro atoms. The lowest BCUT2D eigenvalue weighted by molar-refractivity contribution is 0.518. The molecule has 0 radical (unpaired) electrons. The molecule has 0 bridgehead atoms. The minimum Gasteiger partial charge on any atom is -0.467 e. The van der Waals surface area contributed by atoms with Crippen LogP contribution in [0.1, 0.15) is 31.4 Å². The highest BCUT2D eigenvalue weighted by molar-refractivity contribution is 5.64. The number of rotatable bonds is 6. The molecule has 3 aromatic rings. The molecule has 5 heteroatoms. The number of anilines is 2. The molecule has 2 heterocycles. The zero-order valence-electron chi connectivity index (χ0n) is 14.1. The van der Waals surface area contributed by atoms with Gasteiger partial charge in [-0.1, -0.05) is 43.2 Å². The Morgan fingerprint density at radius 1 is 1.00 bits per heavy atom. The number of benzene rings is 1. The molecule has 1 fully saturated rings. The van der Waals surface area contributed by atoms with Crippen LogP contribution in [0.2, 0.25) is 0 Å². The van der Waals surface area contributed by atoms with Gasteiger partial charge in [-0.25, -0.2) is 4.98 Å². The summed E-state index contributed by atoms with van der Waals surface area (Å²) in [6.07, 6.45) is 6.61. The summed E-state index contributed by atoms with van der Waals surface area (Å²) in [5.41, 5.74) is 2.00. The van der Waals surface area contributed by atoms with Gasteiger partial charge in [0.2, 0.25) is 5.95 Å². The van der Waals surface area contributed by atoms with Gasteiger partial charge in [0.05, 0.1) is 18.5 Å². The van der Waals surface area contributed by atoms with E-state index in [1.165, 1.54) is 25.7 Å². The first-order valence-electron chi connectivity index (χ1n) is 8.84. The lowest BCUT2D eigenvalue weighted by atomic mass is 10.1. The Kier molecular flexibility index (Phi) is 4.63. The molecule has 1 aromatic carbocycles. The van der Waals surface area contributed by atoms with Crippen LogP contribution in [-0.2, 0) is 6.54 Å². The number of nitrogens with zero attached hydrogens (tertiary/aromatic N) is 2. The third kappa shape index (κ3) is 3.99. The smallest absolute Gasteiger partial charge is 0.225 e. The third-order valence-electron chi connectivity index (χ3n) is 4.51. The van der Waals surface area contributed by atoms with E-state index < -0.39 is 0 Å². The van der Waals surface area contributed by atoms with Gasteiger partial charge in [0.15, 0.2) is 0 Å². The van der Waals surface area contributed by atoms with Gasteiger partial charge in [0, 0.05) is 17.7 Å². The standard InChI is InChI=1S/C20H22N4O/c1-2-7-15(8-3-1)18-13-19(21-14-17-11-6-12-25-17)24-20(23-18)22-16-9-4-5-10-16/h1-3,6-8,11-13,16H,4-5,9-10,14H2,(H2,21,22,23,24). The summed E-state index contributed by atoms with van der Waals surface area (Å²) in [5.74, 6) is 2.37. The van der Waals surface area contributed by atoms with Crippen LogP contribution in [0.25, 0.3) is 11.3 Å². The van der Waals surface area contributed by atoms with Gasteiger partial charge in [-0.2, -0.15) is 4.98 Å². The van der Waals surface area contributed by atoms with E-state index in [0.717, 1.165) is 22.8 Å². The first-order valence-corrected chi connectivity index (χ1v) is 8.84. The van der Waals surface area contributed by atoms with Crippen molar-refractivity contribution in [2.24, 2.45) is 0 Å². The Morgan fingerprint density at radius 3 is 2.60 bits per heavy atom. The van der Waals surface area contributed by atoms with Crippen molar-refractivity contribution in [2.75, 3.05) is 10.6 Å². The largest absolute Gasteiger partial charge is 0.467 e. The molecular weight excluding hydrogens is 312 g/mol. The summed E-state index contributed by atoms with van der Waals surface area (Å²) < 4.78 is 5.39. The molecule has 0 atom stereocenters. The van der Waals surface area contributed by atoms with Crippen molar-refractivity contribution in [3.8, 4) is 11.3 Å². The monoisotopic (exact) mass is 334 g/mol. The van der Waals surface area contributed by atoms with E-state index in [1.54, 1.807) is 6.26 Å². The molecule has 0 amide bonds. The molecule has 5 nitrogen and oxygen atoms in total. The Morgan fingerprint density at radius 2 is 1.84 bits per heavy atom. The van der Waals surface area contributed by atoms with Crippen molar-refractivity contribution in [2.45, 2.75) is 38.3 Å². The molecule has 1 aliphatic rings. The van der Waals surface area contributed by atoms with E-state index >= 15 is 0 Å². The predicted molar refractivity (Wildman–Crippen MR) is 99.4 cm³/mol.